The number of hydrogen-bond donors (Lipinski definition) is 2. The van der Waals surface area contributed by atoms with Crippen molar-refractivity contribution in [1.82, 2.24) is 20.2 Å². The van der Waals surface area contributed by atoms with Gasteiger partial charge in [0.25, 0.3) is 5.56 Å². The minimum absolute atomic E-state index is 0.0212. The Hall–Kier alpha value is -3.47. The molecule has 1 saturated heterocycles. The van der Waals surface area contributed by atoms with Crippen LogP contribution in [-0.2, 0) is 25.5 Å². The summed E-state index contributed by atoms with van der Waals surface area (Å²) in [5.74, 6) is 0.640. The zero-order valence-electron chi connectivity index (χ0n) is 29.3. The van der Waals surface area contributed by atoms with Gasteiger partial charge in [-0.1, -0.05) is 47.0 Å². The number of likely N-dealkylation sites (tertiary alicyclic amines) is 1. The number of hydrogen-bond acceptors (Lipinski definition) is 8. The van der Waals surface area contributed by atoms with Crippen LogP contribution in [0.2, 0.25) is 0 Å². The van der Waals surface area contributed by atoms with Crippen LogP contribution in [-0.4, -0.2) is 77.7 Å². The summed E-state index contributed by atoms with van der Waals surface area (Å²) in [5, 5.41) is 2.91. The third kappa shape index (κ3) is 8.52. The van der Waals surface area contributed by atoms with Crippen molar-refractivity contribution < 1.29 is 28.6 Å². The molecule has 0 bridgehead atoms. The fourth-order valence-corrected chi connectivity index (χ4v) is 7.61. The standard InChI is InChI=1S/C36H54N4O7/c1-8-24-18-20-40(30(24)23(2)41)33(43)31(35(3,4)5)39-34(44)47-36(22-45-6)19-12-14-25(36)13-10-9-11-15-28-32(42)38-29-21-26(46-7)16-17-27(29)37-28/h16-17,21,24-25,30-31H,8-15,18-20,22H2,1-7H3,(H,38,42)(H,39,44)/t24-,25-,30-,31?,36+/m1/s1. The number of amides is 2. The summed E-state index contributed by atoms with van der Waals surface area (Å²) in [4.78, 5) is 61.8. The molecule has 11 nitrogen and oxygen atoms in total. The summed E-state index contributed by atoms with van der Waals surface area (Å²) in [6, 6.07) is 4.13. The van der Waals surface area contributed by atoms with Crippen LogP contribution in [0.15, 0.2) is 23.0 Å². The number of alkyl carbamates (subject to hydrolysis) is 1. The predicted octanol–water partition coefficient (Wildman–Crippen LogP) is 5.58. The topological polar surface area (TPSA) is 140 Å². The normalized spacial score (nSPS) is 23.6. The second-order valence-electron chi connectivity index (χ2n) is 14.5. The summed E-state index contributed by atoms with van der Waals surface area (Å²) in [7, 11) is 3.20. The third-order valence-corrected chi connectivity index (χ3v) is 10.1. The third-order valence-electron chi connectivity index (χ3n) is 10.1. The van der Waals surface area contributed by atoms with E-state index in [1.165, 1.54) is 0 Å². The van der Waals surface area contributed by atoms with Crippen molar-refractivity contribution in [1.29, 1.82) is 0 Å². The molecule has 1 aliphatic heterocycles. The lowest BCUT2D eigenvalue weighted by Crippen LogP contribution is -2.58. The van der Waals surface area contributed by atoms with Crippen LogP contribution in [0, 0.1) is 17.3 Å². The minimum Gasteiger partial charge on any atom is -0.497 e. The van der Waals surface area contributed by atoms with Gasteiger partial charge >= 0.3 is 6.09 Å². The van der Waals surface area contributed by atoms with Crippen LogP contribution in [0.5, 0.6) is 5.75 Å². The van der Waals surface area contributed by atoms with Gasteiger partial charge in [-0.15, -0.1) is 0 Å². The molecule has 2 amide bonds. The molecule has 2 heterocycles. The SMILES string of the molecule is CC[C@@H]1CCN(C(=O)C(NC(=O)O[C@]2(COC)CCC[C@H]2CCCCCc2nc3ccc(OC)cc3[nH]c2=O)C(C)(C)C)[C@@H]1C(C)=O. The Morgan fingerprint density at radius 1 is 1.15 bits per heavy atom. The van der Waals surface area contributed by atoms with Crippen molar-refractivity contribution >= 4 is 28.8 Å². The maximum Gasteiger partial charge on any atom is 0.408 e. The quantitative estimate of drug-likeness (QED) is 0.252. The van der Waals surface area contributed by atoms with Crippen molar-refractivity contribution in [3.05, 3.63) is 34.2 Å². The molecule has 2 aliphatic rings. The van der Waals surface area contributed by atoms with Crippen LogP contribution in [0.25, 0.3) is 11.0 Å². The van der Waals surface area contributed by atoms with Crippen molar-refractivity contribution in [2.45, 2.75) is 117 Å². The lowest BCUT2D eigenvalue weighted by Gasteiger charge is -2.38. The van der Waals surface area contributed by atoms with Crippen LogP contribution in [0.4, 0.5) is 4.79 Å². The highest BCUT2D eigenvalue weighted by Gasteiger charge is 2.48. The molecular weight excluding hydrogens is 600 g/mol. The Bertz CT molecular complexity index is 1470. The molecule has 2 aromatic rings. The van der Waals surface area contributed by atoms with Crippen molar-refractivity contribution in [2.75, 3.05) is 27.4 Å². The first-order valence-electron chi connectivity index (χ1n) is 17.2. The van der Waals surface area contributed by atoms with E-state index in [1.54, 1.807) is 32.1 Å². The summed E-state index contributed by atoms with van der Waals surface area (Å²) in [5.41, 5.74) is 0.335. The van der Waals surface area contributed by atoms with Crippen LogP contribution in [0.3, 0.4) is 0 Å². The predicted molar refractivity (Wildman–Crippen MR) is 180 cm³/mol. The highest BCUT2D eigenvalue weighted by molar-refractivity contribution is 5.92. The van der Waals surface area contributed by atoms with E-state index >= 15 is 0 Å². The Balaban J connectivity index is 1.36. The second-order valence-corrected chi connectivity index (χ2v) is 14.5. The Kier molecular flexibility index (Phi) is 12.1. The first-order chi connectivity index (χ1) is 22.3. The van der Waals surface area contributed by atoms with Gasteiger partial charge < -0.3 is 29.4 Å². The molecule has 1 saturated carbocycles. The number of aryl methyl sites for hydroxylation is 1. The number of rotatable bonds is 14. The van der Waals surface area contributed by atoms with E-state index in [9.17, 15) is 19.2 Å². The Morgan fingerprint density at radius 3 is 2.57 bits per heavy atom. The fourth-order valence-electron chi connectivity index (χ4n) is 7.61. The molecule has 0 spiro atoms. The van der Waals surface area contributed by atoms with Crippen LogP contribution >= 0.6 is 0 Å². The van der Waals surface area contributed by atoms with E-state index in [-0.39, 0.29) is 35.7 Å². The number of nitrogens with zero attached hydrogens (tertiary/aromatic N) is 2. The first kappa shape index (κ1) is 36.4. The number of carbonyl (C=O) groups excluding carboxylic acids is 3. The summed E-state index contributed by atoms with van der Waals surface area (Å²) >= 11 is 0. The van der Waals surface area contributed by atoms with Crippen molar-refractivity contribution in [2.24, 2.45) is 17.3 Å². The minimum atomic E-state index is -0.846. The molecule has 2 N–H and O–H groups in total. The number of nitrogens with one attached hydrogen (secondary N) is 2. The molecule has 2 fully saturated rings. The number of H-pyrrole nitrogens is 1. The van der Waals surface area contributed by atoms with Crippen LogP contribution < -0.4 is 15.6 Å². The lowest BCUT2D eigenvalue weighted by atomic mass is 9.85. The van der Waals surface area contributed by atoms with Gasteiger partial charge in [0.05, 0.1) is 30.8 Å². The molecule has 11 heteroatoms. The molecule has 1 aromatic carbocycles. The highest BCUT2D eigenvalue weighted by Crippen LogP contribution is 2.42. The molecule has 260 valence electrons. The molecule has 47 heavy (non-hydrogen) atoms. The average molecular weight is 655 g/mol. The number of ketones is 1. The van der Waals surface area contributed by atoms with Crippen molar-refractivity contribution in [3.63, 3.8) is 0 Å². The van der Waals surface area contributed by atoms with E-state index in [4.69, 9.17) is 14.2 Å². The molecule has 1 unspecified atom stereocenters. The Labute approximate surface area is 278 Å². The van der Waals surface area contributed by atoms with Gasteiger partial charge in [-0.05, 0) is 75.3 Å². The number of aromatic amines is 1. The zero-order chi connectivity index (χ0) is 34.4. The summed E-state index contributed by atoms with van der Waals surface area (Å²) < 4.78 is 17.1. The van der Waals surface area contributed by atoms with Gasteiger partial charge in [-0.3, -0.25) is 14.4 Å². The number of carbonyl (C=O) groups is 3. The van der Waals surface area contributed by atoms with E-state index in [2.05, 4.69) is 15.3 Å². The van der Waals surface area contributed by atoms with E-state index in [0.717, 1.165) is 56.9 Å². The molecule has 0 radical (unpaired) electrons. The van der Waals surface area contributed by atoms with Gasteiger partial charge in [0, 0.05) is 25.6 Å². The molecule has 1 aliphatic carbocycles. The van der Waals surface area contributed by atoms with Gasteiger partial charge in [-0.25, -0.2) is 9.78 Å². The average Bonchev–Trinajstić information content (AvgIpc) is 3.63. The first-order valence-corrected chi connectivity index (χ1v) is 17.2. The fraction of sp³-hybridized carbons (Fsp3) is 0.694. The number of unbranched alkanes of at least 4 members (excludes halogenated alkanes) is 2. The van der Waals surface area contributed by atoms with Gasteiger partial charge in [0.1, 0.15) is 23.1 Å². The molecular formula is C36H54N4O7. The number of methoxy groups -OCH3 is 2. The summed E-state index contributed by atoms with van der Waals surface area (Å²) in [6.45, 7) is 10.1. The van der Waals surface area contributed by atoms with E-state index in [1.807, 2.05) is 39.8 Å². The van der Waals surface area contributed by atoms with Crippen molar-refractivity contribution in [3.8, 4) is 5.75 Å². The van der Waals surface area contributed by atoms with Gasteiger partial charge in [-0.2, -0.15) is 0 Å². The number of benzene rings is 1. The van der Waals surface area contributed by atoms with E-state index in [0.29, 0.717) is 36.3 Å². The van der Waals surface area contributed by atoms with Crippen LogP contribution in [0.1, 0.15) is 98.1 Å². The second kappa shape index (κ2) is 15.6. The summed E-state index contributed by atoms with van der Waals surface area (Å²) in [6.07, 6.45) is 7.53. The highest BCUT2D eigenvalue weighted by atomic mass is 16.6. The maximum atomic E-state index is 13.9. The molecule has 4 rings (SSSR count). The molecule has 1 aromatic heterocycles. The monoisotopic (exact) mass is 654 g/mol. The largest absolute Gasteiger partial charge is 0.497 e. The number of ether oxygens (including phenoxy) is 3. The Morgan fingerprint density at radius 2 is 1.91 bits per heavy atom. The zero-order valence-corrected chi connectivity index (χ0v) is 29.3. The number of fused-ring (bicyclic) bond motifs is 1. The smallest absolute Gasteiger partial charge is 0.408 e. The van der Waals surface area contributed by atoms with Gasteiger partial charge in [0.2, 0.25) is 5.91 Å². The lowest BCUT2D eigenvalue weighted by molar-refractivity contribution is -0.142. The maximum absolute atomic E-state index is 13.9. The number of Topliss-reactive ketones (excluding diaryl/α,β-unsaturated/α-hetero) is 1. The van der Waals surface area contributed by atoms with Gasteiger partial charge in [0.15, 0.2) is 5.78 Å². The van der Waals surface area contributed by atoms with E-state index < -0.39 is 29.2 Å². The molecule has 5 atom stereocenters. The number of aromatic nitrogens is 2.